The second-order valence-electron chi connectivity index (χ2n) is 7.50. The molecule has 1 heterocycles. The quantitative estimate of drug-likeness (QED) is 0.369. The molecular formula is C24H15ClF3N3O4. The Balaban J connectivity index is 1.69. The zero-order valence-electron chi connectivity index (χ0n) is 17.6. The Morgan fingerprint density at radius 1 is 1.03 bits per heavy atom. The van der Waals surface area contributed by atoms with E-state index in [-0.39, 0.29) is 28.1 Å². The van der Waals surface area contributed by atoms with E-state index in [4.69, 9.17) is 11.6 Å². The summed E-state index contributed by atoms with van der Waals surface area (Å²) in [6.07, 6.45) is -3.55. The highest BCUT2D eigenvalue weighted by atomic mass is 35.5. The van der Waals surface area contributed by atoms with Crippen LogP contribution in [0.25, 0.3) is 0 Å². The number of anilines is 2. The van der Waals surface area contributed by atoms with Gasteiger partial charge in [0.2, 0.25) is 5.91 Å². The van der Waals surface area contributed by atoms with Gasteiger partial charge in [0.15, 0.2) is 0 Å². The van der Waals surface area contributed by atoms with E-state index in [9.17, 15) is 32.7 Å². The molecule has 11 heteroatoms. The van der Waals surface area contributed by atoms with Crippen LogP contribution in [0.2, 0.25) is 5.02 Å². The molecule has 2 N–H and O–H groups in total. The molecule has 0 radical (unpaired) electrons. The van der Waals surface area contributed by atoms with Crippen molar-refractivity contribution in [1.29, 1.82) is 0 Å². The molecule has 1 unspecified atom stereocenters. The number of fused-ring (bicyclic) bond motifs is 1. The first kappa shape index (κ1) is 24.0. The SMILES string of the molecule is O=C(O)c1cccc(N2C(=O)C(C=NNC(=O)c3ccc(Cl)cc3)c3ccc(C(F)(F)F)cc32)c1. The molecule has 0 saturated heterocycles. The standard InChI is InChI=1S/C24H15ClF3N3O4/c25-16-7-4-13(5-8-16)21(32)30-29-12-19-18-9-6-15(24(26,27)28)11-20(18)31(22(19)33)17-3-1-2-14(10-17)23(34)35/h1-12,19H,(H,30,32)(H,34,35). The number of carboxylic acid groups (broad SMARTS) is 1. The van der Waals surface area contributed by atoms with Crippen molar-refractivity contribution < 1.29 is 32.7 Å². The van der Waals surface area contributed by atoms with Crippen molar-refractivity contribution in [3.05, 3.63) is 94.0 Å². The van der Waals surface area contributed by atoms with E-state index < -0.39 is 35.4 Å². The molecule has 1 atom stereocenters. The fraction of sp³-hybridized carbons (Fsp3) is 0.0833. The molecule has 1 aliphatic heterocycles. The number of hydrazone groups is 1. The van der Waals surface area contributed by atoms with Crippen LogP contribution in [0.1, 0.15) is 37.8 Å². The molecule has 0 spiro atoms. The average molecular weight is 502 g/mol. The minimum atomic E-state index is -4.66. The Bertz CT molecular complexity index is 1360. The van der Waals surface area contributed by atoms with Crippen LogP contribution in [0.4, 0.5) is 24.5 Å². The maximum Gasteiger partial charge on any atom is 0.416 e. The average Bonchev–Trinajstić information content (AvgIpc) is 3.09. The van der Waals surface area contributed by atoms with E-state index in [1.807, 2.05) is 0 Å². The number of hydrogen-bond donors (Lipinski definition) is 2. The fourth-order valence-corrected chi connectivity index (χ4v) is 3.72. The molecule has 0 aliphatic carbocycles. The number of carbonyl (C=O) groups is 3. The van der Waals surface area contributed by atoms with Crippen molar-refractivity contribution in [2.45, 2.75) is 12.1 Å². The highest BCUT2D eigenvalue weighted by Crippen LogP contribution is 2.44. The Hall–Kier alpha value is -4.18. The van der Waals surface area contributed by atoms with Gasteiger partial charge in [0, 0.05) is 22.5 Å². The second kappa shape index (κ2) is 9.22. The molecule has 3 aromatic carbocycles. The van der Waals surface area contributed by atoms with Crippen molar-refractivity contribution in [3.8, 4) is 0 Å². The van der Waals surface area contributed by atoms with E-state index in [0.717, 1.165) is 29.3 Å². The number of halogens is 4. The number of rotatable bonds is 5. The van der Waals surface area contributed by atoms with Gasteiger partial charge in [-0.2, -0.15) is 18.3 Å². The third-order valence-corrected chi connectivity index (χ3v) is 5.52. The van der Waals surface area contributed by atoms with E-state index in [1.165, 1.54) is 48.5 Å². The van der Waals surface area contributed by atoms with Crippen LogP contribution in [-0.2, 0) is 11.0 Å². The van der Waals surface area contributed by atoms with Gasteiger partial charge in [0.05, 0.1) is 16.8 Å². The number of nitrogens with zero attached hydrogens (tertiary/aromatic N) is 2. The Morgan fingerprint density at radius 3 is 2.40 bits per heavy atom. The molecule has 35 heavy (non-hydrogen) atoms. The van der Waals surface area contributed by atoms with Crippen molar-refractivity contribution in [1.82, 2.24) is 5.43 Å². The predicted molar refractivity (Wildman–Crippen MR) is 122 cm³/mol. The number of carbonyl (C=O) groups excluding carboxylic acids is 2. The van der Waals surface area contributed by atoms with Crippen LogP contribution in [0.3, 0.4) is 0 Å². The summed E-state index contributed by atoms with van der Waals surface area (Å²) < 4.78 is 40.1. The summed E-state index contributed by atoms with van der Waals surface area (Å²) in [5.74, 6) is -3.62. The molecule has 0 fully saturated rings. The number of nitrogens with one attached hydrogen (secondary N) is 1. The Morgan fingerprint density at radius 2 is 1.74 bits per heavy atom. The smallest absolute Gasteiger partial charge is 0.416 e. The van der Waals surface area contributed by atoms with Gasteiger partial charge in [-0.05, 0) is 60.2 Å². The van der Waals surface area contributed by atoms with Crippen molar-refractivity contribution >= 4 is 47.0 Å². The number of benzene rings is 3. The highest BCUT2D eigenvalue weighted by Gasteiger charge is 2.40. The lowest BCUT2D eigenvalue weighted by atomic mass is 10.0. The Labute approximate surface area is 201 Å². The molecule has 2 amide bonds. The normalized spacial score (nSPS) is 15.4. The second-order valence-corrected chi connectivity index (χ2v) is 7.94. The van der Waals surface area contributed by atoms with E-state index >= 15 is 0 Å². The summed E-state index contributed by atoms with van der Waals surface area (Å²) in [6.45, 7) is 0. The van der Waals surface area contributed by atoms with Crippen LogP contribution in [-0.4, -0.2) is 29.1 Å². The van der Waals surface area contributed by atoms with Crippen molar-refractivity contribution in [2.24, 2.45) is 5.10 Å². The predicted octanol–water partition coefficient (Wildman–Crippen LogP) is 5.23. The number of carboxylic acids is 1. The molecule has 7 nitrogen and oxygen atoms in total. The van der Waals surface area contributed by atoms with E-state index in [0.29, 0.717) is 5.02 Å². The van der Waals surface area contributed by atoms with E-state index in [2.05, 4.69) is 10.5 Å². The van der Waals surface area contributed by atoms with Gasteiger partial charge in [-0.15, -0.1) is 0 Å². The largest absolute Gasteiger partial charge is 0.478 e. The molecular weight excluding hydrogens is 487 g/mol. The number of amides is 2. The lowest BCUT2D eigenvalue weighted by Crippen LogP contribution is -2.26. The number of alkyl halides is 3. The molecule has 0 aromatic heterocycles. The van der Waals surface area contributed by atoms with Gasteiger partial charge in [-0.25, -0.2) is 10.2 Å². The first-order valence-corrected chi connectivity index (χ1v) is 10.4. The fourth-order valence-electron chi connectivity index (χ4n) is 3.59. The van der Waals surface area contributed by atoms with Crippen LogP contribution in [0.15, 0.2) is 71.8 Å². The summed E-state index contributed by atoms with van der Waals surface area (Å²) >= 11 is 5.79. The third kappa shape index (κ3) is 4.87. The topological polar surface area (TPSA) is 99.1 Å². The van der Waals surface area contributed by atoms with Gasteiger partial charge < -0.3 is 5.11 Å². The molecule has 1 aliphatic rings. The minimum absolute atomic E-state index is 0.0622. The monoisotopic (exact) mass is 501 g/mol. The lowest BCUT2D eigenvalue weighted by Gasteiger charge is -2.19. The highest BCUT2D eigenvalue weighted by molar-refractivity contribution is 6.30. The van der Waals surface area contributed by atoms with Crippen molar-refractivity contribution in [2.75, 3.05) is 4.90 Å². The summed E-state index contributed by atoms with van der Waals surface area (Å²) in [7, 11) is 0. The third-order valence-electron chi connectivity index (χ3n) is 5.27. The van der Waals surface area contributed by atoms with Gasteiger partial charge in [0.1, 0.15) is 5.92 Å². The Kier molecular flexibility index (Phi) is 6.31. The van der Waals surface area contributed by atoms with Gasteiger partial charge in [-0.3, -0.25) is 14.5 Å². The summed E-state index contributed by atoms with van der Waals surface area (Å²) in [4.78, 5) is 37.9. The van der Waals surface area contributed by atoms with Crippen LogP contribution >= 0.6 is 11.6 Å². The maximum absolute atomic E-state index is 13.4. The van der Waals surface area contributed by atoms with Crippen LogP contribution in [0, 0.1) is 0 Å². The minimum Gasteiger partial charge on any atom is -0.478 e. The molecule has 178 valence electrons. The maximum atomic E-state index is 13.4. The summed E-state index contributed by atoms with van der Waals surface area (Å²) in [5, 5.41) is 13.5. The molecule has 0 bridgehead atoms. The first-order valence-electron chi connectivity index (χ1n) is 10.0. The zero-order chi connectivity index (χ0) is 25.3. The lowest BCUT2D eigenvalue weighted by molar-refractivity contribution is -0.137. The van der Waals surface area contributed by atoms with Gasteiger partial charge >= 0.3 is 12.1 Å². The van der Waals surface area contributed by atoms with Crippen molar-refractivity contribution in [3.63, 3.8) is 0 Å². The molecule has 0 saturated carbocycles. The van der Waals surface area contributed by atoms with Gasteiger partial charge in [0.25, 0.3) is 5.91 Å². The van der Waals surface area contributed by atoms with E-state index in [1.54, 1.807) is 0 Å². The summed E-state index contributed by atoms with van der Waals surface area (Å²) in [6, 6.07) is 14.1. The first-order chi connectivity index (χ1) is 16.6. The number of hydrogen-bond acceptors (Lipinski definition) is 4. The van der Waals surface area contributed by atoms with Crippen LogP contribution < -0.4 is 10.3 Å². The van der Waals surface area contributed by atoms with Crippen LogP contribution in [0.5, 0.6) is 0 Å². The molecule has 4 rings (SSSR count). The van der Waals surface area contributed by atoms with Gasteiger partial charge in [-0.1, -0.05) is 23.7 Å². The number of aromatic carboxylic acids is 1. The summed E-state index contributed by atoms with van der Waals surface area (Å²) in [5.41, 5.74) is 1.64. The zero-order valence-corrected chi connectivity index (χ0v) is 18.3. The molecule has 3 aromatic rings.